The monoisotopic (exact) mass is 387 g/mol. The zero-order valence-corrected chi connectivity index (χ0v) is 15.5. The lowest BCUT2D eigenvalue weighted by Crippen LogP contribution is -2.45. The van der Waals surface area contributed by atoms with Gasteiger partial charge in [-0.05, 0) is 30.4 Å². The molecule has 0 aliphatic carbocycles. The first kappa shape index (κ1) is 17.6. The summed E-state index contributed by atoms with van der Waals surface area (Å²) in [6, 6.07) is 5.88. The summed E-state index contributed by atoms with van der Waals surface area (Å²) in [4.78, 5) is 23.4. The molecule has 1 atom stereocenters. The molecular formula is C18H18FN5O2S. The number of aromatic nitrogens is 4. The van der Waals surface area contributed by atoms with Gasteiger partial charge in [0.05, 0.1) is 23.8 Å². The van der Waals surface area contributed by atoms with Crippen molar-refractivity contribution in [3.8, 4) is 16.6 Å². The second kappa shape index (κ2) is 7.43. The molecule has 1 aliphatic rings. The number of aryl methyl sites for hydroxylation is 1. The molecule has 3 aromatic heterocycles. The number of thiophene rings is 1. The van der Waals surface area contributed by atoms with Crippen molar-refractivity contribution in [1.82, 2.24) is 24.6 Å². The molecule has 1 aliphatic heterocycles. The van der Waals surface area contributed by atoms with Gasteiger partial charge in [-0.2, -0.15) is 5.10 Å². The van der Waals surface area contributed by atoms with Crippen LogP contribution in [-0.2, 0) is 7.05 Å². The molecule has 0 radical (unpaired) electrons. The number of amides is 1. The van der Waals surface area contributed by atoms with Gasteiger partial charge in [0.25, 0.3) is 5.91 Å². The summed E-state index contributed by atoms with van der Waals surface area (Å²) >= 11 is 1.59. The van der Waals surface area contributed by atoms with E-state index >= 15 is 0 Å². The quantitative estimate of drug-likeness (QED) is 0.688. The van der Waals surface area contributed by atoms with Gasteiger partial charge >= 0.3 is 6.01 Å². The van der Waals surface area contributed by atoms with Gasteiger partial charge in [-0.3, -0.25) is 9.48 Å². The Kier molecular flexibility index (Phi) is 4.85. The predicted molar refractivity (Wildman–Crippen MR) is 98.1 cm³/mol. The molecule has 0 aromatic carbocycles. The SMILES string of the molecule is Cn1nc(-c2cccs2)cc1C(=O)N1CCCC(Oc2ncc(F)cn2)C1. The third-order valence-corrected chi connectivity index (χ3v) is 5.30. The summed E-state index contributed by atoms with van der Waals surface area (Å²) < 4.78 is 20.3. The maximum absolute atomic E-state index is 13.0. The lowest BCUT2D eigenvalue weighted by molar-refractivity contribution is 0.0506. The first-order chi connectivity index (χ1) is 13.1. The standard InChI is InChI=1S/C18H18FN5O2S/c1-23-15(8-14(22-23)16-5-3-7-27-16)17(25)24-6-2-4-13(11-24)26-18-20-9-12(19)10-21-18/h3,5,7-10,13H,2,4,6,11H2,1H3. The predicted octanol–water partition coefficient (Wildman–Crippen LogP) is 2.76. The van der Waals surface area contributed by atoms with Crippen LogP contribution in [0.1, 0.15) is 23.3 Å². The normalized spacial score (nSPS) is 17.1. The highest BCUT2D eigenvalue weighted by molar-refractivity contribution is 7.13. The Labute approximate surface area is 159 Å². The Morgan fingerprint density at radius 3 is 2.93 bits per heavy atom. The lowest BCUT2D eigenvalue weighted by atomic mass is 10.1. The number of carbonyl (C=O) groups excluding carboxylic acids is 1. The molecule has 140 valence electrons. The Balaban J connectivity index is 1.46. The maximum atomic E-state index is 13.0. The van der Waals surface area contributed by atoms with E-state index in [4.69, 9.17) is 4.74 Å². The van der Waals surface area contributed by atoms with Crippen molar-refractivity contribution in [3.63, 3.8) is 0 Å². The van der Waals surface area contributed by atoms with E-state index in [1.165, 1.54) is 0 Å². The molecule has 1 unspecified atom stereocenters. The Morgan fingerprint density at radius 2 is 2.19 bits per heavy atom. The molecule has 4 heterocycles. The van der Waals surface area contributed by atoms with E-state index in [1.54, 1.807) is 28.0 Å². The number of ether oxygens (including phenoxy) is 1. The van der Waals surface area contributed by atoms with Gasteiger partial charge in [-0.15, -0.1) is 11.3 Å². The van der Waals surface area contributed by atoms with Gasteiger partial charge in [0.15, 0.2) is 5.82 Å². The van der Waals surface area contributed by atoms with E-state index in [9.17, 15) is 9.18 Å². The smallest absolute Gasteiger partial charge is 0.316 e. The summed E-state index contributed by atoms with van der Waals surface area (Å²) in [5.41, 5.74) is 1.33. The van der Waals surface area contributed by atoms with Crippen LogP contribution in [0.5, 0.6) is 6.01 Å². The molecular weight excluding hydrogens is 369 g/mol. The number of piperidine rings is 1. The number of rotatable bonds is 4. The van der Waals surface area contributed by atoms with E-state index in [2.05, 4.69) is 15.1 Å². The number of halogens is 1. The fraction of sp³-hybridized carbons (Fsp3) is 0.333. The van der Waals surface area contributed by atoms with Crippen molar-refractivity contribution in [2.75, 3.05) is 13.1 Å². The minimum Gasteiger partial charge on any atom is -0.458 e. The van der Waals surface area contributed by atoms with E-state index < -0.39 is 5.82 Å². The van der Waals surface area contributed by atoms with Crippen LogP contribution < -0.4 is 4.74 Å². The zero-order chi connectivity index (χ0) is 18.8. The van der Waals surface area contributed by atoms with Crippen LogP contribution >= 0.6 is 11.3 Å². The molecule has 0 saturated carbocycles. The minimum atomic E-state index is -0.513. The lowest BCUT2D eigenvalue weighted by Gasteiger charge is -2.32. The summed E-state index contributed by atoms with van der Waals surface area (Å²) in [5.74, 6) is -0.596. The van der Waals surface area contributed by atoms with Gasteiger partial charge in [-0.1, -0.05) is 6.07 Å². The van der Waals surface area contributed by atoms with Crippen molar-refractivity contribution in [2.24, 2.45) is 7.05 Å². The van der Waals surface area contributed by atoms with E-state index in [0.29, 0.717) is 18.8 Å². The topological polar surface area (TPSA) is 73.1 Å². The van der Waals surface area contributed by atoms with Gasteiger partial charge in [-0.25, -0.2) is 14.4 Å². The Hall–Kier alpha value is -2.81. The third-order valence-electron chi connectivity index (χ3n) is 4.41. The van der Waals surface area contributed by atoms with Crippen LogP contribution in [-0.4, -0.2) is 49.7 Å². The maximum Gasteiger partial charge on any atom is 0.316 e. The fourth-order valence-corrected chi connectivity index (χ4v) is 3.78. The highest BCUT2D eigenvalue weighted by Gasteiger charge is 2.28. The van der Waals surface area contributed by atoms with Crippen molar-refractivity contribution < 1.29 is 13.9 Å². The highest BCUT2D eigenvalue weighted by atomic mass is 32.1. The molecule has 27 heavy (non-hydrogen) atoms. The van der Waals surface area contributed by atoms with Crippen molar-refractivity contribution in [3.05, 3.63) is 47.5 Å². The molecule has 1 saturated heterocycles. The van der Waals surface area contributed by atoms with E-state index in [-0.39, 0.29) is 18.0 Å². The van der Waals surface area contributed by atoms with Crippen LogP contribution in [0.25, 0.3) is 10.6 Å². The summed E-state index contributed by atoms with van der Waals surface area (Å²) in [7, 11) is 1.77. The van der Waals surface area contributed by atoms with Crippen LogP contribution in [0.4, 0.5) is 4.39 Å². The number of carbonyl (C=O) groups is 1. The molecule has 4 rings (SSSR count). The summed E-state index contributed by atoms with van der Waals surface area (Å²) in [5, 5.41) is 6.44. The molecule has 7 nitrogen and oxygen atoms in total. The van der Waals surface area contributed by atoms with E-state index in [1.807, 2.05) is 23.6 Å². The minimum absolute atomic E-state index is 0.0823. The molecule has 9 heteroatoms. The molecule has 0 bridgehead atoms. The summed E-state index contributed by atoms with van der Waals surface area (Å²) in [6.07, 6.45) is 3.51. The van der Waals surface area contributed by atoms with Gasteiger partial charge < -0.3 is 9.64 Å². The van der Waals surface area contributed by atoms with Crippen molar-refractivity contribution >= 4 is 17.2 Å². The second-order valence-electron chi connectivity index (χ2n) is 6.33. The highest BCUT2D eigenvalue weighted by Crippen LogP contribution is 2.25. The summed E-state index contributed by atoms with van der Waals surface area (Å²) in [6.45, 7) is 1.08. The van der Waals surface area contributed by atoms with Gasteiger partial charge in [0, 0.05) is 13.6 Å². The molecule has 3 aromatic rings. The van der Waals surface area contributed by atoms with Crippen LogP contribution in [0.15, 0.2) is 36.0 Å². The third kappa shape index (κ3) is 3.82. The molecule has 0 spiro atoms. The van der Waals surface area contributed by atoms with Crippen LogP contribution in [0.2, 0.25) is 0 Å². The molecule has 1 amide bonds. The molecule has 1 fully saturated rings. The second-order valence-corrected chi connectivity index (χ2v) is 7.28. The van der Waals surface area contributed by atoms with Crippen LogP contribution in [0, 0.1) is 5.82 Å². The average Bonchev–Trinajstić information content (AvgIpc) is 3.33. The Morgan fingerprint density at radius 1 is 1.37 bits per heavy atom. The zero-order valence-electron chi connectivity index (χ0n) is 14.7. The van der Waals surface area contributed by atoms with Crippen LogP contribution in [0.3, 0.4) is 0 Å². The van der Waals surface area contributed by atoms with Gasteiger partial charge in [0.1, 0.15) is 17.5 Å². The Bertz CT molecular complexity index is 926. The number of hydrogen-bond acceptors (Lipinski definition) is 6. The van der Waals surface area contributed by atoms with E-state index in [0.717, 1.165) is 35.8 Å². The number of nitrogens with zero attached hydrogens (tertiary/aromatic N) is 5. The molecule has 0 N–H and O–H groups in total. The largest absolute Gasteiger partial charge is 0.458 e. The number of hydrogen-bond donors (Lipinski definition) is 0. The van der Waals surface area contributed by atoms with Crippen molar-refractivity contribution in [1.29, 1.82) is 0 Å². The average molecular weight is 387 g/mol. The first-order valence-corrected chi connectivity index (χ1v) is 9.49. The van der Waals surface area contributed by atoms with Gasteiger partial charge in [0.2, 0.25) is 0 Å². The van der Waals surface area contributed by atoms with Crippen molar-refractivity contribution in [2.45, 2.75) is 18.9 Å². The first-order valence-electron chi connectivity index (χ1n) is 8.61. The fourth-order valence-electron chi connectivity index (χ4n) is 3.10. The number of likely N-dealkylation sites (tertiary alicyclic amines) is 1.